The summed E-state index contributed by atoms with van der Waals surface area (Å²) >= 11 is 0. The standard InChI is InChI=1S/C17H28N4O3/c1-3-5-10-18-17-19-11-14(16(23)24-4-2)15(21-17)20-12-6-8-13(22)9-7-12/h11-13,22H,3-10H2,1-2H3,(H2,18,19,20,21). The van der Waals surface area contributed by atoms with Crippen LogP contribution in [0.2, 0.25) is 0 Å². The Morgan fingerprint density at radius 1 is 1.33 bits per heavy atom. The summed E-state index contributed by atoms with van der Waals surface area (Å²) in [6.07, 6.45) is 6.65. The second-order valence-electron chi connectivity index (χ2n) is 6.11. The van der Waals surface area contributed by atoms with Gasteiger partial charge in [0.15, 0.2) is 0 Å². The lowest BCUT2D eigenvalue weighted by Gasteiger charge is -2.27. The molecule has 1 aliphatic carbocycles. The Kier molecular flexibility index (Phi) is 7.24. The van der Waals surface area contributed by atoms with Gasteiger partial charge in [-0.25, -0.2) is 9.78 Å². The summed E-state index contributed by atoms with van der Waals surface area (Å²) in [4.78, 5) is 20.8. The molecule has 7 heteroatoms. The highest BCUT2D eigenvalue weighted by Gasteiger charge is 2.23. The number of aliphatic hydroxyl groups excluding tert-OH is 1. The number of hydrogen-bond acceptors (Lipinski definition) is 7. The summed E-state index contributed by atoms with van der Waals surface area (Å²) in [5.41, 5.74) is 0.351. The molecular weight excluding hydrogens is 308 g/mol. The molecule has 0 amide bonds. The van der Waals surface area contributed by atoms with Crippen LogP contribution in [0.15, 0.2) is 6.20 Å². The number of carbonyl (C=O) groups is 1. The molecule has 0 spiro atoms. The molecule has 1 aliphatic rings. The van der Waals surface area contributed by atoms with Gasteiger partial charge in [-0.1, -0.05) is 13.3 Å². The summed E-state index contributed by atoms with van der Waals surface area (Å²) in [5, 5.41) is 16.1. The Morgan fingerprint density at radius 3 is 2.75 bits per heavy atom. The van der Waals surface area contributed by atoms with Gasteiger partial charge >= 0.3 is 5.97 Å². The minimum atomic E-state index is -0.420. The summed E-state index contributed by atoms with van der Waals surface area (Å²) in [6.45, 7) is 5.00. The van der Waals surface area contributed by atoms with Crippen LogP contribution in [-0.2, 0) is 4.74 Å². The number of hydrogen-bond donors (Lipinski definition) is 3. The van der Waals surface area contributed by atoms with Gasteiger partial charge in [-0.15, -0.1) is 0 Å². The zero-order chi connectivity index (χ0) is 17.4. The van der Waals surface area contributed by atoms with Crippen LogP contribution in [0, 0.1) is 0 Å². The molecule has 3 N–H and O–H groups in total. The Labute approximate surface area is 143 Å². The zero-order valence-corrected chi connectivity index (χ0v) is 14.5. The average Bonchev–Trinajstić information content (AvgIpc) is 2.58. The molecule has 0 saturated heterocycles. The molecule has 1 saturated carbocycles. The summed E-state index contributed by atoms with van der Waals surface area (Å²) in [5.74, 6) is 0.592. The van der Waals surface area contributed by atoms with Gasteiger partial charge in [-0.05, 0) is 39.0 Å². The van der Waals surface area contributed by atoms with Crippen LogP contribution in [-0.4, -0.2) is 46.3 Å². The average molecular weight is 336 g/mol. The second-order valence-corrected chi connectivity index (χ2v) is 6.11. The number of rotatable bonds is 8. The van der Waals surface area contributed by atoms with Crippen molar-refractivity contribution in [1.29, 1.82) is 0 Å². The number of ether oxygens (including phenoxy) is 1. The zero-order valence-electron chi connectivity index (χ0n) is 14.5. The molecule has 0 unspecified atom stereocenters. The van der Waals surface area contributed by atoms with Gasteiger partial charge in [0.1, 0.15) is 11.4 Å². The van der Waals surface area contributed by atoms with E-state index in [4.69, 9.17) is 4.74 Å². The molecule has 1 aromatic heterocycles. The predicted octanol–water partition coefficient (Wildman–Crippen LogP) is 2.58. The molecule has 1 fully saturated rings. The van der Waals surface area contributed by atoms with Gasteiger partial charge in [0, 0.05) is 18.8 Å². The van der Waals surface area contributed by atoms with E-state index in [1.165, 1.54) is 6.20 Å². The van der Waals surface area contributed by atoms with Crippen molar-refractivity contribution >= 4 is 17.7 Å². The van der Waals surface area contributed by atoms with E-state index in [1.807, 2.05) is 0 Å². The third-order valence-electron chi connectivity index (χ3n) is 4.14. The van der Waals surface area contributed by atoms with E-state index >= 15 is 0 Å². The number of aliphatic hydroxyl groups is 1. The largest absolute Gasteiger partial charge is 0.462 e. The van der Waals surface area contributed by atoms with E-state index in [0.717, 1.165) is 45.1 Å². The van der Waals surface area contributed by atoms with E-state index in [0.29, 0.717) is 23.9 Å². The van der Waals surface area contributed by atoms with E-state index < -0.39 is 5.97 Å². The maximum atomic E-state index is 12.1. The van der Waals surface area contributed by atoms with Crippen molar-refractivity contribution in [2.24, 2.45) is 0 Å². The minimum absolute atomic E-state index is 0.194. The van der Waals surface area contributed by atoms with Crippen molar-refractivity contribution in [2.75, 3.05) is 23.8 Å². The molecule has 0 radical (unpaired) electrons. The Balaban J connectivity index is 2.12. The van der Waals surface area contributed by atoms with Crippen LogP contribution in [0.5, 0.6) is 0 Å². The normalized spacial score (nSPS) is 20.5. The number of nitrogens with one attached hydrogen (secondary N) is 2. The summed E-state index contributed by atoms with van der Waals surface area (Å²) in [6, 6.07) is 0.194. The van der Waals surface area contributed by atoms with Crippen molar-refractivity contribution in [2.45, 2.75) is 64.5 Å². The lowest BCUT2D eigenvalue weighted by molar-refractivity contribution is 0.0526. The van der Waals surface area contributed by atoms with Crippen molar-refractivity contribution in [3.8, 4) is 0 Å². The fraction of sp³-hybridized carbons (Fsp3) is 0.706. The SMILES string of the molecule is CCCCNc1ncc(C(=O)OCC)c(NC2CCC(O)CC2)n1. The number of nitrogens with zero attached hydrogens (tertiary/aromatic N) is 2. The molecule has 0 bridgehead atoms. The molecular formula is C17H28N4O3. The van der Waals surface area contributed by atoms with E-state index in [-0.39, 0.29) is 12.1 Å². The van der Waals surface area contributed by atoms with Crippen LogP contribution in [0.3, 0.4) is 0 Å². The van der Waals surface area contributed by atoms with Crippen molar-refractivity contribution in [3.05, 3.63) is 11.8 Å². The lowest BCUT2D eigenvalue weighted by Crippen LogP contribution is -2.29. The fourth-order valence-electron chi connectivity index (χ4n) is 2.73. The first kappa shape index (κ1) is 18.4. The smallest absolute Gasteiger partial charge is 0.343 e. The molecule has 134 valence electrons. The third-order valence-corrected chi connectivity index (χ3v) is 4.14. The third kappa shape index (κ3) is 5.33. The highest BCUT2D eigenvalue weighted by Crippen LogP contribution is 2.24. The van der Waals surface area contributed by atoms with Crippen molar-refractivity contribution < 1.29 is 14.6 Å². The van der Waals surface area contributed by atoms with Gasteiger partial charge in [0.25, 0.3) is 0 Å². The van der Waals surface area contributed by atoms with Crippen LogP contribution in [0.25, 0.3) is 0 Å². The first-order valence-corrected chi connectivity index (χ1v) is 8.86. The number of esters is 1. The summed E-state index contributed by atoms with van der Waals surface area (Å²) in [7, 11) is 0. The van der Waals surface area contributed by atoms with Crippen LogP contribution in [0.1, 0.15) is 62.7 Å². The molecule has 0 aromatic carbocycles. The maximum Gasteiger partial charge on any atom is 0.343 e. The van der Waals surface area contributed by atoms with Gasteiger partial charge in [-0.3, -0.25) is 0 Å². The van der Waals surface area contributed by atoms with Crippen LogP contribution >= 0.6 is 0 Å². The van der Waals surface area contributed by atoms with Gasteiger partial charge in [0.05, 0.1) is 12.7 Å². The highest BCUT2D eigenvalue weighted by molar-refractivity contribution is 5.94. The van der Waals surface area contributed by atoms with Crippen LogP contribution < -0.4 is 10.6 Å². The minimum Gasteiger partial charge on any atom is -0.462 e. The quantitative estimate of drug-likeness (QED) is 0.496. The topological polar surface area (TPSA) is 96.4 Å². The Bertz CT molecular complexity index is 531. The van der Waals surface area contributed by atoms with E-state index in [1.54, 1.807) is 6.92 Å². The highest BCUT2D eigenvalue weighted by atomic mass is 16.5. The molecule has 1 aromatic rings. The Hall–Kier alpha value is -1.89. The number of anilines is 2. The molecule has 24 heavy (non-hydrogen) atoms. The fourth-order valence-corrected chi connectivity index (χ4v) is 2.73. The molecule has 2 rings (SSSR count). The maximum absolute atomic E-state index is 12.1. The Morgan fingerprint density at radius 2 is 2.08 bits per heavy atom. The summed E-state index contributed by atoms with van der Waals surface area (Å²) < 4.78 is 5.09. The molecule has 1 heterocycles. The van der Waals surface area contributed by atoms with Crippen molar-refractivity contribution in [1.82, 2.24) is 9.97 Å². The number of carbonyl (C=O) groups excluding carboxylic acids is 1. The van der Waals surface area contributed by atoms with E-state index in [9.17, 15) is 9.90 Å². The van der Waals surface area contributed by atoms with Gasteiger partial charge in [-0.2, -0.15) is 4.98 Å². The first-order chi connectivity index (χ1) is 11.6. The first-order valence-electron chi connectivity index (χ1n) is 8.86. The van der Waals surface area contributed by atoms with Gasteiger partial charge < -0.3 is 20.5 Å². The van der Waals surface area contributed by atoms with E-state index in [2.05, 4.69) is 27.5 Å². The molecule has 0 atom stereocenters. The molecule has 0 aliphatic heterocycles. The van der Waals surface area contributed by atoms with Crippen molar-refractivity contribution in [3.63, 3.8) is 0 Å². The van der Waals surface area contributed by atoms with Gasteiger partial charge in [0.2, 0.25) is 5.95 Å². The monoisotopic (exact) mass is 336 g/mol. The second kappa shape index (κ2) is 9.42. The predicted molar refractivity (Wildman–Crippen MR) is 93.3 cm³/mol. The number of aromatic nitrogens is 2. The lowest BCUT2D eigenvalue weighted by atomic mass is 9.93. The molecule has 7 nitrogen and oxygen atoms in total. The van der Waals surface area contributed by atoms with Crippen LogP contribution in [0.4, 0.5) is 11.8 Å². The number of unbranched alkanes of at least 4 members (excludes halogenated alkanes) is 1.